The number of allylic oxidation sites excluding steroid dienone is 1. The van der Waals surface area contributed by atoms with Crippen molar-refractivity contribution < 1.29 is 16.5 Å². The van der Waals surface area contributed by atoms with Gasteiger partial charge in [0.05, 0.1) is 17.1 Å². The summed E-state index contributed by atoms with van der Waals surface area (Å²) in [6.45, 7) is 6.85. The Hall–Kier alpha value is -2.43. The minimum atomic E-state index is 0. The third-order valence-electron chi connectivity index (χ3n) is 13.1. The van der Waals surface area contributed by atoms with Crippen LogP contribution < -0.4 is 0 Å². The summed E-state index contributed by atoms with van der Waals surface area (Å²) in [7, 11) is 0. The first-order chi connectivity index (χ1) is 31.8. The van der Waals surface area contributed by atoms with E-state index in [2.05, 4.69) is 93.3 Å². The van der Waals surface area contributed by atoms with Crippen LogP contribution in [0.3, 0.4) is 0 Å². The summed E-state index contributed by atoms with van der Waals surface area (Å²) in [5.41, 5.74) is 5.67. The fourth-order valence-electron chi connectivity index (χ4n) is 8.88. The molecule has 2 nitrogen and oxygen atoms in total. The van der Waals surface area contributed by atoms with Crippen molar-refractivity contribution in [2.75, 3.05) is 0 Å². The van der Waals surface area contributed by atoms with Gasteiger partial charge in [-0.2, -0.15) is 0 Å². The zero-order chi connectivity index (χ0) is 45.5. The van der Waals surface area contributed by atoms with E-state index in [0.29, 0.717) is 0 Å². The smallest absolute Gasteiger partial charge is 0.0662 e. The Morgan fingerprint density at radius 1 is 0.462 bits per heavy atom. The normalized spacial score (nSPS) is 11.7. The number of unbranched alkanes of at least 4 members (excludes halogenated alkanes) is 35. The molecule has 0 amide bonds. The molecule has 0 saturated heterocycles. The summed E-state index contributed by atoms with van der Waals surface area (Å²) in [4.78, 5) is 10.1. The first-order valence-electron chi connectivity index (χ1n) is 28.2. The van der Waals surface area contributed by atoms with Crippen molar-refractivity contribution in [1.82, 2.24) is 0 Å². The second kappa shape index (κ2) is 48.0. The minimum absolute atomic E-state index is 0. The van der Waals surface area contributed by atoms with E-state index in [1.807, 2.05) is 6.21 Å². The molecule has 0 aliphatic carbocycles. The molecule has 0 radical (unpaired) electrons. The average molecular weight is 934 g/mol. The molecule has 0 aliphatic rings. The number of benzene rings is 2. The Morgan fingerprint density at radius 2 is 0.908 bits per heavy atom. The Bertz CT molecular complexity index is 1480. The first kappa shape index (κ1) is 60.6. The number of hydrogen-bond acceptors (Lipinski definition) is 2. The van der Waals surface area contributed by atoms with Crippen LogP contribution in [0.25, 0.3) is 6.08 Å². The summed E-state index contributed by atoms with van der Waals surface area (Å²) in [6.07, 6.45) is 62.0. The molecule has 0 spiro atoms. The molecule has 370 valence electrons. The zero-order valence-corrected chi connectivity index (χ0v) is 44.0. The van der Waals surface area contributed by atoms with Crippen LogP contribution in [0.1, 0.15) is 289 Å². The monoisotopic (exact) mass is 933 g/mol. The molecule has 0 fully saturated rings. The molecule has 65 heavy (non-hydrogen) atoms. The van der Waals surface area contributed by atoms with Gasteiger partial charge in [-0.3, -0.25) is 9.98 Å². The van der Waals surface area contributed by atoms with Gasteiger partial charge in [0.2, 0.25) is 0 Å². The van der Waals surface area contributed by atoms with Gasteiger partial charge in [0.25, 0.3) is 0 Å². The van der Waals surface area contributed by atoms with Crippen molar-refractivity contribution in [3.05, 3.63) is 65.7 Å². The fourth-order valence-corrected chi connectivity index (χ4v) is 8.88. The number of rotatable bonds is 44. The van der Waals surface area contributed by atoms with Gasteiger partial charge >= 0.3 is 0 Å². The second-order valence-electron chi connectivity index (χ2n) is 19.3. The quantitative estimate of drug-likeness (QED) is 0.0274. The van der Waals surface area contributed by atoms with Gasteiger partial charge in [0.1, 0.15) is 0 Å². The number of aryl methyl sites for hydroxylation is 1. The molecule has 2 aromatic carbocycles. The van der Waals surface area contributed by atoms with E-state index in [4.69, 9.17) is 9.98 Å². The van der Waals surface area contributed by atoms with Gasteiger partial charge in [-0.15, -0.1) is 11.8 Å². The summed E-state index contributed by atoms with van der Waals surface area (Å²) in [5, 5.41) is 0. The predicted octanol–water partition coefficient (Wildman–Crippen LogP) is 21.4. The van der Waals surface area contributed by atoms with Crippen LogP contribution in [-0.2, 0) is 22.9 Å². The maximum atomic E-state index is 5.10. The molecular weight excluding hydrogens is 831 g/mol. The molecule has 0 aromatic heterocycles. The predicted molar refractivity (Wildman–Crippen MR) is 290 cm³/mol. The van der Waals surface area contributed by atoms with E-state index in [-0.39, 0.29) is 16.5 Å². The van der Waals surface area contributed by atoms with Gasteiger partial charge in [-0.1, -0.05) is 269 Å². The summed E-state index contributed by atoms with van der Waals surface area (Å²) < 4.78 is 0. The standard InChI is InChI=1S/C62H102N2.Ni/c1-4-7-10-12-14-16-18-20-22-23-24-25-26-27-28-29-30-31-32-33-34-36-38-40-42-44-49-58-50-48-54-60(56-58)64-61(53-9-6-3)57-63-62-55-47-46-52-59(62)51-45-43-41-39-37-35-21-19-17-15-13-11-8-5-2;/h44,46-50,52,54-57H,4-38,40,42-43,45,51,53H2,1-3H3;/b49-44+,63-57-,64-61+;. The minimum Gasteiger partial charge on any atom is -0.255 e. The summed E-state index contributed by atoms with van der Waals surface area (Å²) in [5.74, 6) is 6.88. The average Bonchev–Trinajstić information content (AvgIpc) is 3.31. The van der Waals surface area contributed by atoms with Crippen LogP contribution in [0.15, 0.2) is 64.6 Å². The Morgan fingerprint density at radius 3 is 1.42 bits per heavy atom. The zero-order valence-electron chi connectivity index (χ0n) is 43.1. The van der Waals surface area contributed by atoms with Crippen molar-refractivity contribution in [3.8, 4) is 11.8 Å². The number of nitrogens with zero attached hydrogens (tertiary/aromatic N) is 2. The molecule has 0 aliphatic heterocycles. The van der Waals surface area contributed by atoms with Crippen LogP contribution in [0.4, 0.5) is 11.4 Å². The maximum absolute atomic E-state index is 5.10. The second-order valence-corrected chi connectivity index (χ2v) is 19.3. The van der Waals surface area contributed by atoms with Gasteiger partial charge < -0.3 is 0 Å². The Kier molecular flexibility index (Phi) is 44.8. The van der Waals surface area contributed by atoms with E-state index in [1.165, 1.54) is 223 Å². The Balaban J connectivity index is 0.0000211. The molecule has 2 aromatic rings. The molecule has 0 saturated carbocycles. The van der Waals surface area contributed by atoms with Gasteiger partial charge in [0, 0.05) is 35.5 Å². The van der Waals surface area contributed by atoms with Crippen molar-refractivity contribution in [1.29, 1.82) is 0 Å². The van der Waals surface area contributed by atoms with E-state index >= 15 is 0 Å². The molecule has 0 bridgehead atoms. The topological polar surface area (TPSA) is 24.7 Å². The van der Waals surface area contributed by atoms with Crippen molar-refractivity contribution in [2.45, 2.75) is 284 Å². The van der Waals surface area contributed by atoms with Gasteiger partial charge in [-0.25, -0.2) is 0 Å². The molecule has 0 N–H and O–H groups in total. The molecule has 2 rings (SSSR count). The molecule has 0 atom stereocenters. The van der Waals surface area contributed by atoms with Crippen LogP contribution in [0.5, 0.6) is 0 Å². The van der Waals surface area contributed by atoms with E-state index in [0.717, 1.165) is 68.5 Å². The van der Waals surface area contributed by atoms with E-state index in [1.54, 1.807) is 0 Å². The van der Waals surface area contributed by atoms with Crippen molar-refractivity contribution >= 4 is 29.4 Å². The van der Waals surface area contributed by atoms with Crippen LogP contribution in [0, 0.1) is 11.8 Å². The van der Waals surface area contributed by atoms with Crippen LogP contribution in [-0.4, -0.2) is 11.9 Å². The SMILES string of the molecule is CCCCCCCCCCCC#CCCCc1ccccc1/N=C\C(CCCC)=N\c1cccc(/C=C/CCCCCCCCCCCCCCCCCCCCCCCCCC)c1.[Ni]. The number of hydrogen-bond donors (Lipinski definition) is 0. The molecular formula is C62H102N2Ni. The molecule has 0 heterocycles. The third kappa shape index (κ3) is 38.3. The first-order valence-corrected chi connectivity index (χ1v) is 28.2. The van der Waals surface area contributed by atoms with Gasteiger partial charge in [0.15, 0.2) is 0 Å². The molecule has 3 heteroatoms. The number of para-hydroxylation sites is 1. The third-order valence-corrected chi connectivity index (χ3v) is 13.1. The maximum Gasteiger partial charge on any atom is 0.0662 e. The van der Waals surface area contributed by atoms with E-state index < -0.39 is 0 Å². The summed E-state index contributed by atoms with van der Waals surface area (Å²) in [6, 6.07) is 17.3. The largest absolute Gasteiger partial charge is 0.255 e. The van der Waals surface area contributed by atoms with Gasteiger partial charge in [-0.05, 0) is 74.3 Å². The van der Waals surface area contributed by atoms with E-state index in [9.17, 15) is 0 Å². The number of aliphatic imine (C=N–C) groups is 2. The van der Waals surface area contributed by atoms with Crippen LogP contribution >= 0.6 is 0 Å². The Labute approximate surface area is 415 Å². The summed E-state index contributed by atoms with van der Waals surface area (Å²) >= 11 is 0. The van der Waals surface area contributed by atoms with Crippen molar-refractivity contribution in [3.63, 3.8) is 0 Å². The van der Waals surface area contributed by atoms with Crippen LogP contribution in [0.2, 0.25) is 0 Å². The fraction of sp³-hybridized carbons (Fsp3) is 0.710. The molecule has 0 unspecified atom stereocenters. The van der Waals surface area contributed by atoms with Crippen molar-refractivity contribution in [2.24, 2.45) is 9.98 Å².